The molecule has 2 rings (SSSR count). The van der Waals surface area contributed by atoms with Crippen molar-refractivity contribution in [1.29, 1.82) is 0 Å². The van der Waals surface area contributed by atoms with Crippen LogP contribution in [0.1, 0.15) is 104 Å². The maximum atomic E-state index is 12.4. The third kappa shape index (κ3) is 7.68. The molecule has 0 aromatic heterocycles. The van der Waals surface area contributed by atoms with Gasteiger partial charge in [-0.3, -0.25) is 4.79 Å². The normalized spacial score (nSPS) is 31.5. The van der Waals surface area contributed by atoms with Crippen LogP contribution in [0.2, 0.25) is 0 Å². The summed E-state index contributed by atoms with van der Waals surface area (Å²) in [4.78, 5) is 12.4. The van der Waals surface area contributed by atoms with E-state index in [2.05, 4.69) is 20.8 Å². The molecule has 0 N–H and O–H groups in total. The van der Waals surface area contributed by atoms with Gasteiger partial charge >= 0.3 is 5.97 Å². The Balaban J connectivity index is 1.59. The SMILES string of the molecule is CCCCCCC(C)OC1CCC(C(=O)OC2CCC(C)CC2)CC1. The lowest BCUT2D eigenvalue weighted by molar-refractivity contribution is -0.158. The van der Waals surface area contributed by atoms with Crippen LogP contribution in [0.5, 0.6) is 0 Å². The fraction of sp³-hybridized carbons (Fsp3) is 0.955. The lowest BCUT2D eigenvalue weighted by Crippen LogP contribution is -2.32. The minimum absolute atomic E-state index is 0.0608. The fourth-order valence-electron chi connectivity index (χ4n) is 4.30. The van der Waals surface area contributed by atoms with Crippen molar-refractivity contribution in [3.63, 3.8) is 0 Å². The molecule has 1 atom stereocenters. The fourth-order valence-corrected chi connectivity index (χ4v) is 4.30. The summed E-state index contributed by atoms with van der Waals surface area (Å²) in [6.07, 6.45) is 15.7. The van der Waals surface area contributed by atoms with Crippen LogP contribution < -0.4 is 0 Å². The van der Waals surface area contributed by atoms with E-state index in [1.54, 1.807) is 0 Å². The second kappa shape index (κ2) is 11.2. The van der Waals surface area contributed by atoms with E-state index >= 15 is 0 Å². The lowest BCUT2D eigenvalue weighted by atomic mass is 9.86. The largest absolute Gasteiger partial charge is 0.462 e. The van der Waals surface area contributed by atoms with E-state index in [1.807, 2.05) is 0 Å². The van der Waals surface area contributed by atoms with Gasteiger partial charge in [0, 0.05) is 0 Å². The molecule has 0 amide bonds. The molecule has 2 aliphatic carbocycles. The van der Waals surface area contributed by atoms with Crippen LogP contribution in [0, 0.1) is 11.8 Å². The molecule has 2 aliphatic rings. The van der Waals surface area contributed by atoms with E-state index in [0.29, 0.717) is 12.2 Å². The first-order chi connectivity index (χ1) is 12.1. The molecule has 0 saturated heterocycles. The average Bonchev–Trinajstić information content (AvgIpc) is 2.61. The molecule has 0 aromatic rings. The predicted molar refractivity (Wildman–Crippen MR) is 103 cm³/mol. The van der Waals surface area contributed by atoms with Gasteiger partial charge in [0.05, 0.1) is 18.1 Å². The van der Waals surface area contributed by atoms with Crippen molar-refractivity contribution in [3.8, 4) is 0 Å². The molecule has 0 aliphatic heterocycles. The van der Waals surface area contributed by atoms with Gasteiger partial charge in [0.25, 0.3) is 0 Å². The minimum atomic E-state index is 0.0608. The summed E-state index contributed by atoms with van der Waals surface area (Å²) in [5, 5.41) is 0. The standard InChI is InChI=1S/C22H40O3/c1-4-5-6-7-8-18(3)24-20-15-11-19(12-16-20)22(23)25-21-13-9-17(2)10-14-21/h17-21H,4-16H2,1-3H3. The highest BCUT2D eigenvalue weighted by Crippen LogP contribution is 2.31. The molecule has 0 bridgehead atoms. The van der Waals surface area contributed by atoms with E-state index < -0.39 is 0 Å². The van der Waals surface area contributed by atoms with E-state index in [9.17, 15) is 4.79 Å². The molecule has 0 heterocycles. The molecular formula is C22H40O3. The van der Waals surface area contributed by atoms with E-state index in [1.165, 1.54) is 44.9 Å². The number of hydrogen-bond donors (Lipinski definition) is 0. The van der Waals surface area contributed by atoms with Crippen molar-refractivity contribution in [1.82, 2.24) is 0 Å². The molecule has 2 fully saturated rings. The Kier molecular flexibility index (Phi) is 9.30. The van der Waals surface area contributed by atoms with Crippen LogP contribution in [0.3, 0.4) is 0 Å². The molecule has 3 nitrogen and oxygen atoms in total. The van der Waals surface area contributed by atoms with Crippen LogP contribution >= 0.6 is 0 Å². The van der Waals surface area contributed by atoms with Crippen LogP contribution in [0.15, 0.2) is 0 Å². The molecule has 3 heteroatoms. The average molecular weight is 353 g/mol. The van der Waals surface area contributed by atoms with Gasteiger partial charge in [-0.2, -0.15) is 0 Å². The minimum Gasteiger partial charge on any atom is -0.462 e. The zero-order chi connectivity index (χ0) is 18.1. The number of esters is 1. The van der Waals surface area contributed by atoms with Crippen molar-refractivity contribution in [2.75, 3.05) is 0 Å². The van der Waals surface area contributed by atoms with Crippen LogP contribution in [-0.2, 0) is 14.3 Å². The summed E-state index contributed by atoms with van der Waals surface area (Å²) < 4.78 is 12.0. The summed E-state index contributed by atoms with van der Waals surface area (Å²) >= 11 is 0. The molecule has 1 unspecified atom stereocenters. The molecule has 2 saturated carbocycles. The topological polar surface area (TPSA) is 35.5 Å². The van der Waals surface area contributed by atoms with Crippen LogP contribution in [0.4, 0.5) is 0 Å². The summed E-state index contributed by atoms with van der Waals surface area (Å²) in [7, 11) is 0. The quantitative estimate of drug-likeness (QED) is 0.375. The molecule has 146 valence electrons. The summed E-state index contributed by atoms with van der Waals surface area (Å²) in [6, 6.07) is 0. The Morgan fingerprint density at radius 1 is 0.920 bits per heavy atom. The Morgan fingerprint density at radius 3 is 2.20 bits per heavy atom. The van der Waals surface area contributed by atoms with Gasteiger partial charge in [-0.25, -0.2) is 0 Å². The Bertz CT molecular complexity index is 365. The van der Waals surface area contributed by atoms with Gasteiger partial charge in [0.1, 0.15) is 6.10 Å². The first kappa shape index (κ1) is 20.7. The van der Waals surface area contributed by atoms with Gasteiger partial charge in [0.2, 0.25) is 0 Å². The Hall–Kier alpha value is -0.570. The summed E-state index contributed by atoms with van der Waals surface area (Å²) in [5.74, 6) is 0.969. The van der Waals surface area contributed by atoms with Crippen LogP contribution in [-0.4, -0.2) is 24.3 Å². The Labute approximate surface area is 155 Å². The number of ether oxygens (including phenoxy) is 2. The first-order valence-electron chi connectivity index (χ1n) is 10.9. The van der Waals surface area contributed by atoms with E-state index in [4.69, 9.17) is 9.47 Å². The maximum absolute atomic E-state index is 12.4. The molecular weight excluding hydrogens is 312 g/mol. The van der Waals surface area contributed by atoms with Crippen molar-refractivity contribution < 1.29 is 14.3 Å². The molecule has 25 heavy (non-hydrogen) atoms. The molecule has 0 aromatic carbocycles. The van der Waals surface area contributed by atoms with E-state index in [-0.39, 0.29) is 18.0 Å². The number of carbonyl (C=O) groups excluding carboxylic acids is 1. The Morgan fingerprint density at radius 2 is 1.56 bits per heavy atom. The number of unbranched alkanes of at least 4 members (excludes halogenated alkanes) is 3. The highest BCUT2D eigenvalue weighted by molar-refractivity contribution is 5.72. The monoisotopic (exact) mass is 352 g/mol. The maximum Gasteiger partial charge on any atom is 0.309 e. The zero-order valence-corrected chi connectivity index (χ0v) is 16.8. The van der Waals surface area contributed by atoms with Gasteiger partial charge < -0.3 is 9.47 Å². The summed E-state index contributed by atoms with van der Waals surface area (Å²) in [6.45, 7) is 6.75. The highest BCUT2D eigenvalue weighted by atomic mass is 16.5. The first-order valence-corrected chi connectivity index (χ1v) is 10.9. The van der Waals surface area contributed by atoms with Crippen LogP contribution in [0.25, 0.3) is 0 Å². The second-order valence-electron chi connectivity index (χ2n) is 8.59. The van der Waals surface area contributed by atoms with Gasteiger partial charge in [0.15, 0.2) is 0 Å². The van der Waals surface area contributed by atoms with Crippen molar-refractivity contribution >= 4 is 5.97 Å². The molecule has 0 radical (unpaired) electrons. The summed E-state index contributed by atoms with van der Waals surface area (Å²) in [5.41, 5.74) is 0. The predicted octanol–water partition coefficient (Wildman–Crippen LogP) is 6.04. The van der Waals surface area contributed by atoms with Crippen molar-refractivity contribution in [2.24, 2.45) is 11.8 Å². The second-order valence-corrected chi connectivity index (χ2v) is 8.59. The van der Waals surface area contributed by atoms with Gasteiger partial charge in [-0.1, -0.05) is 39.5 Å². The number of carbonyl (C=O) groups is 1. The van der Waals surface area contributed by atoms with Crippen molar-refractivity contribution in [2.45, 2.75) is 123 Å². The highest BCUT2D eigenvalue weighted by Gasteiger charge is 2.30. The van der Waals surface area contributed by atoms with Crippen molar-refractivity contribution in [3.05, 3.63) is 0 Å². The van der Waals surface area contributed by atoms with Gasteiger partial charge in [-0.05, 0) is 70.6 Å². The number of hydrogen-bond acceptors (Lipinski definition) is 3. The zero-order valence-electron chi connectivity index (χ0n) is 16.8. The smallest absolute Gasteiger partial charge is 0.309 e. The molecule has 0 spiro atoms. The van der Waals surface area contributed by atoms with E-state index in [0.717, 1.165) is 44.4 Å². The van der Waals surface area contributed by atoms with Gasteiger partial charge in [-0.15, -0.1) is 0 Å². The lowest BCUT2D eigenvalue weighted by Gasteiger charge is -2.31. The third-order valence-electron chi connectivity index (χ3n) is 6.14. The number of rotatable bonds is 9. The third-order valence-corrected chi connectivity index (χ3v) is 6.14.